The molecular formula is C24H40N4O7S2. The zero-order valence-electron chi connectivity index (χ0n) is 22.7. The number of alkyl carbamates (subject to hydrolysis) is 2. The van der Waals surface area contributed by atoms with Crippen molar-refractivity contribution < 1.29 is 33.8 Å². The topological polar surface area (TPSA) is 147 Å². The van der Waals surface area contributed by atoms with E-state index in [2.05, 4.69) is 10.6 Å². The number of likely N-dealkylation sites (N-methyl/N-ethyl adjacent to an activating group) is 1. The van der Waals surface area contributed by atoms with Gasteiger partial charge in [-0.3, -0.25) is 15.4 Å². The lowest BCUT2D eigenvalue weighted by molar-refractivity contribution is -0.145. The maximum Gasteiger partial charge on any atom is 0.414 e. The predicted molar refractivity (Wildman–Crippen MR) is 147 cm³/mol. The Hall–Kier alpha value is -2.28. The van der Waals surface area contributed by atoms with E-state index < -0.39 is 50.1 Å². The molecule has 210 valence electrons. The Balaban J connectivity index is 2.72. The fourth-order valence-corrected chi connectivity index (χ4v) is 9.77. The molecule has 1 heterocycles. The predicted octanol–water partition coefficient (Wildman–Crippen LogP) is 3.74. The number of rotatable bonds is 5. The molecule has 2 aliphatic rings. The first-order valence-corrected chi connectivity index (χ1v) is 14.7. The number of carbonyl (C=O) groups excluding carboxylic acids is 3. The van der Waals surface area contributed by atoms with Gasteiger partial charge >= 0.3 is 18.2 Å². The van der Waals surface area contributed by atoms with Crippen molar-refractivity contribution in [2.24, 2.45) is 4.99 Å². The number of thioether (sulfide) groups is 1. The Labute approximate surface area is 225 Å². The quantitative estimate of drug-likeness (QED) is 0.199. The van der Waals surface area contributed by atoms with Crippen LogP contribution in [0.1, 0.15) is 73.6 Å². The van der Waals surface area contributed by atoms with Gasteiger partial charge in [0.05, 0.1) is 0 Å². The van der Waals surface area contributed by atoms with Crippen LogP contribution in [0, 0.1) is 0 Å². The van der Waals surface area contributed by atoms with Crippen LogP contribution in [0.4, 0.5) is 9.59 Å². The van der Waals surface area contributed by atoms with Gasteiger partial charge in [-0.2, -0.15) is 0 Å². The minimum atomic E-state index is -1.38. The van der Waals surface area contributed by atoms with Gasteiger partial charge in [-0.05, 0) is 90.0 Å². The number of nitrogens with one attached hydrogen (secondary N) is 2. The van der Waals surface area contributed by atoms with Crippen molar-refractivity contribution in [3.8, 4) is 0 Å². The first kappa shape index (κ1) is 30.9. The number of aliphatic carboxylic acids is 1. The molecular weight excluding hydrogens is 520 g/mol. The fraction of sp³-hybridized carbons (Fsp3) is 0.750. The molecule has 3 N–H and O–H groups in total. The minimum Gasteiger partial charge on any atom is -0.480 e. The first-order chi connectivity index (χ1) is 17.1. The lowest BCUT2D eigenvalue weighted by atomic mass is 10.2. The molecule has 2 rings (SSSR count). The number of guanidine groups is 1. The van der Waals surface area contributed by atoms with E-state index in [1.165, 1.54) is 23.7 Å². The summed E-state index contributed by atoms with van der Waals surface area (Å²) < 4.78 is 9.34. The molecule has 0 aromatic rings. The van der Waals surface area contributed by atoms with E-state index in [9.17, 15) is 24.3 Å². The second kappa shape index (κ2) is 12.5. The van der Waals surface area contributed by atoms with Crippen LogP contribution in [-0.2, 0) is 19.1 Å². The number of hydrogen-bond acceptors (Lipinski definition) is 8. The summed E-state index contributed by atoms with van der Waals surface area (Å²) in [5, 5.41) is 15.3. The van der Waals surface area contributed by atoms with Crippen molar-refractivity contribution in [3.63, 3.8) is 0 Å². The summed E-state index contributed by atoms with van der Waals surface area (Å²) >= 11 is 1.33. The maximum absolute atomic E-state index is 12.7. The van der Waals surface area contributed by atoms with Gasteiger partial charge in [0, 0.05) is 7.05 Å². The summed E-state index contributed by atoms with van der Waals surface area (Å²) in [6.45, 7) is 10.1. The lowest BCUT2D eigenvalue weighted by Gasteiger charge is -2.44. The summed E-state index contributed by atoms with van der Waals surface area (Å²) in [4.78, 5) is 57.0. The van der Waals surface area contributed by atoms with E-state index in [1.54, 1.807) is 41.5 Å². The molecule has 37 heavy (non-hydrogen) atoms. The van der Waals surface area contributed by atoms with Crippen LogP contribution in [0.15, 0.2) is 4.99 Å². The molecule has 1 aliphatic heterocycles. The highest BCUT2D eigenvalue weighted by molar-refractivity contribution is 8.28. The van der Waals surface area contributed by atoms with E-state index in [0.29, 0.717) is 17.9 Å². The second-order valence-corrected chi connectivity index (χ2v) is 14.9. The molecule has 0 radical (unpaired) electrons. The minimum absolute atomic E-state index is 0.292. The summed E-state index contributed by atoms with van der Waals surface area (Å²) in [6, 6.07) is -1.34. The Morgan fingerprint density at radius 2 is 1.57 bits per heavy atom. The highest BCUT2D eigenvalue weighted by atomic mass is 32.2. The third-order valence-electron chi connectivity index (χ3n) is 5.32. The Morgan fingerprint density at radius 3 is 2.00 bits per heavy atom. The molecule has 0 aromatic carbocycles. The first-order valence-electron chi connectivity index (χ1n) is 12.3. The number of hydrogen-bond donors (Lipinski definition) is 3. The molecule has 1 aliphatic carbocycles. The molecule has 13 heteroatoms. The zero-order valence-corrected chi connectivity index (χ0v) is 24.3. The van der Waals surface area contributed by atoms with Crippen molar-refractivity contribution in [1.29, 1.82) is 0 Å². The zero-order chi connectivity index (χ0) is 28.0. The molecule has 11 nitrogen and oxygen atoms in total. The third-order valence-corrected chi connectivity index (χ3v) is 10.3. The lowest BCUT2D eigenvalue weighted by Crippen LogP contribution is -2.56. The summed E-state index contributed by atoms with van der Waals surface area (Å²) in [6.07, 6.45) is 3.30. The van der Waals surface area contributed by atoms with Gasteiger partial charge in [-0.15, -0.1) is 22.2 Å². The number of amides is 3. The van der Waals surface area contributed by atoms with Gasteiger partial charge in [0.25, 0.3) is 0 Å². The van der Waals surface area contributed by atoms with Crippen LogP contribution in [0.5, 0.6) is 0 Å². The van der Waals surface area contributed by atoms with E-state index in [0.717, 1.165) is 37.0 Å². The van der Waals surface area contributed by atoms with Crippen LogP contribution in [0.25, 0.3) is 0 Å². The molecule has 0 bridgehead atoms. The molecule has 0 aromatic heterocycles. The van der Waals surface area contributed by atoms with Gasteiger partial charge in [0.15, 0.2) is 10.2 Å². The van der Waals surface area contributed by atoms with Gasteiger partial charge in [-0.1, -0.05) is 0 Å². The van der Waals surface area contributed by atoms with E-state index >= 15 is 0 Å². The van der Waals surface area contributed by atoms with Crippen molar-refractivity contribution in [2.45, 2.75) is 95.1 Å². The Bertz CT molecular complexity index is 916. The van der Waals surface area contributed by atoms with E-state index in [-0.39, 0.29) is 5.96 Å². The molecule has 3 unspecified atom stereocenters. The number of nitrogens with zero attached hydrogens (tertiary/aromatic N) is 2. The van der Waals surface area contributed by atoms with Crippen molar-refractivity contribution >= 4 is 57.6 Å². The number of carboxylic acids is 1. The standard InChI is InChI=1S/C24H40N4O7S2/c1-22(2,3)34-20(32)25-19(26-21(33)35-23(4,5)6)27-24(17(18(30)31)28(7)15-29)36-13-10-14-37(24)16-11-8-9-12-16/h15,17H,8-14H2,1-7H3,(H,30,31)(H2,25,26,27,32,33). The highest BCUT2D eigenvalue weighted by Crippen LogP contribution is 2.54. The van der Waals surface area contributed by atoms with Crippen molar-refractivity contribution in [1.82, 2.24) is 15.5 Å². The fourth-order valence-electron chi connectivity index (χ4n) is 4.06. The molecule has 1 saturated heterocycles. The average Bonchev–Trinajstić information content (AvgIpc) is 3.25. The van der Waals surface area contributed by atoms with Gasteiger partial charge < -0.3 is 19.5 Å². The van der Waals surface area contributed by atoms with Crippen LogP contribution < -0.4 is 10.6 Å². The molecule has 3 atom stereocenters. The normalized spacial score (nSPS) is 22.9. The highest BCUT2D eigenvalue weighted by Gasteiger charge is 2.51. The van der Waals surface area contributed by atoms with Crippen molar-refractivity contribution in [3.05, 3.63) is 0 Å². The largest absolute Gasteiger partial charge is 0.480 e. The summed E-state index contributed by atoms with van der Waals surface area (Å²) in [5.41, 5.74) is -1.66. The third kappa shape index (κ3) is 8.91. The van der Waals surface area contributed by atoms with Gasteiger partial charge in [-0.25, -0.2) is 19.4 Å². The van der Waals surface area contributed by atoms with Crippen LogP contribution in [-0.4, -0.2) is 85.4 Å². The number of carboxylic acid groups (broad SMARTS) is 1. The van der Waals surface area contributed by atoms with Crippen LogP contribution >= 0.6 is 22.2 Å². The molecule has 2 fully saturated rings. The van der Waals surface area contributed by atoms with Crippen LogP contribution in [0.2, 0.25) is 0 Å². The molecule has 1 saturated carbocycles. The van der Waals surface area contributed by atoms with Crippen LogP contribution in [0.3, 0.4) is 0 Å². The summed E-state index contributed by atoms with van der Waals surface area (Å²) in [7, 11) is 0.753. The van der Waals surface area contributed by atoms with Gasteiger partial charge in [0.2, 0.25) is 12.4 Å². The van der Waals surface area contributed by atoms with Crippen molar-refractivity contribution in [2.75, 3.05) is 18.6 Å². The second-order valence-electron chi connectivity index (χ2n) is 10.9. The number of carbonyl (C=O) groups is 4. The van der Waals surface area contributed by atoms with E-state index in [4.69, 9.17) is 14.5 Å². The molecule has 0 spiro atoms. The Kier molecular flexibility index (Phi) is 10.5. The average molecular weight is 561 g/mol. The summed E-state index contributed by atoms with van der Waals surface area (Å²) in [5.74, 6) is -0.213. The monoisotopic (exact) mass is 560 g/mol. The number of ether oxygens (including phenoxy) is 2. The van der Waals surface area contributed by atoms with E-state index in [1.807, 2.05) is 0 Å². The SMILES string of the molecule is CN(C=O)C(C(=O)O)C1(N=C(NC(=O)OC(C)(C)C)NC(=O)OC(C)(C)C)SCCCS1=C1CCCC1. The molecule has 3 amide bonds. The number of aliphatic imine (C=N–C) groups is 1. The Morgan fingerprint density at radius 1 is 1.05 bits per heavy atom. The maximum atomic E-state index is 12.7. The van der Waals surface area contributed by atoms with Gasteiger partial charge in [0.1, 0.15) is 11.2 Å². The smallest absolute Gasteiger partial charge is 0.414 e.